The van der Waals surface area contributed by atoms with Gasteiger partial charge in [-0.1, -0.05) is 12.8 Å². The highest BCUT2D eigenvalue weighted by Crippen LogP contribution is 2.40. The maximum absolute atomic E-state index is 4.25. The second kappa shape index (κ2) is 5.68. The van der Waals surface area contributed by atoms with Crippen molar-refractivity contribution in [1.82, 2.24) is 15.2 Å². The average molecular weight is 310 g/mol. The molecule has 1 aromatic rings. The molecular formula is C14H20BrN3. The molecule has 0 bridgehead atoms. The van der Waals surface area contributed by atoms with E-state index in [9.17, 15) is 0 Å². The summed E-state index contributed by atoms with van der Waals surface area (Å²) in [6.45, 7) is 4.56. The molecule has 1 aliphatic heterocycles. The minimum absolute atomic E-state index is 0.582. The van der Waals surface area contributed by atoms with E-state index in [1.54, 1.807) is 0 Å². The molecule has 18 heavy (non-hydrogen) atoms. The summed E-state index contributed by atoms with van der Waals surface area (Å²) >= 11 is 3.49. The molecule has 1 aliphatic carbocycles. The maximum Gasteiger partial charge on any atom is 0.106 e. The van der Waals surface area contributed by atoms with E-state index in [2.05, 4.69) is 43.3 Å². The Kier molecular flexibility index (Phi) is 3.97. The van der Waals surface area contributed by atoms with Crippen LogP contribution in [0.15, 0.2) is 22.9 Å². The first-order chi connectivity index (χ1) is 8.83. The summed E-state index contributed by atoms with van der Waals surface area (Å²) in [5.74, 6) is 0.955. The van der Waals surface area contributed by atoms with Crippen molar-refractivity contribution in [3.8, 4) is 0 Å². The minimum Gasteiger partial charge on any atom is -0.314 e. The topological polar surface area (TPSA) is 28.2 Å². The number of aromatic nitrogens is 1. The van der Waals surface area contributed by atoms with Crippen LogP contribution in [0, 0.1) is 5.92 Å². The zero-order valence-corrected chi connectivity index (χ0v) is 12.2. The van der Waals surface area contributed by atoms with Gasteiger partial charge in [0.15, 0.2) is 0 Å². The van der Waals surface area contributed by atoms with Gasteiger partial charge in [-0.15, -0.1) is 0 Å². The molecule has 3 nitrogen and oxygen atoms in total. The average Bonchev–Trinajstić information content (AvgIpc) is 3.21. The molecule has 2 fully saturated rings. The first-order valence-electron chi connectivity index (χ1n) is 6.89. The highest BCUT2D eigenvalue weighted by atomic mass is 79.9. The highest BCUT2D eigenvalue weighted by molar-refractivity contribution is 9.10. The standard InChI is InChI=1S/C14H20BrN3/c15-14-10-12(3-4-17-14)13(9-11-1-2-11)18-7-5-16-6-8-18/h3-4,10-11,13,16H,1-2,5-9H2/t13-/m1/s1. The van der Waals surface area contributed by atoms with Crippen molar-refractivity contribution in [2.24, 2.45) is 5.92 Å². The Labute approximate surface area is 117 Å². The van der Waals surface area contributed by atoms with Crippen molar-refractivity contribution in [2.45, 2.75) is 25.3 Å². The van der Waals surface area contributed by atoms with Crippen LogP contribution in [0.5, 0.6) is 0 Å². The van der Waals surface area contributed by atoms with Gasteiger partial charge in [0.25, 0.3) is 0 Å². The number of piperazine rings is 1. The lowest BCUT2D eigenvalue weighted by molar-refractivity contribution is 0.160. The molecule has 4 heteroatoms. The Morgan fingerprint density at radius 2 is 2.17 bits per heavy atom. The smallest absolute Gasteiger partial charge is 0.106 e. The van der Waals surface area contributed by atoms with Gasteiger partial charge in [-0.2, -0.15) is 0 Å². The van der Waals surface area contributed by atoms with Gasteiger partial charge in [0, 0.05) is 38.4 Å². The van der Waals surface area contributed by atoms with Crippen LogP contribution in [0.2, 0.25) is 0 Å². The lowest BCUT2D eigenvalue weighted by atomic mass is 10.00. The van der Waals surface area contributed by atoms with Gasteiger partial charge in [0.1, 0.15) is 4.60 Å². The molecular weight excluding hydrogens is 290 g/mol. The molecule has 0 amide bonds. The van der Waals surface area contributed by atoms with E-state index in [4.69, 9.17) is 0 Å². The molecule has 0 aromatic carbocycles. The molecule has 1 saturated heterocycles. The van der Waals surface area contributed by atoms with Crippen LogP contribution in [-0.2, 0) is 0 Å². The molecule has 98 valence electrons. The molecule has 0 radical (unpaired) electrons. The van der Waals surface area contributed by atoms with Gasteiger partial charge in [-0.25, -0.2) is 4.98 Å². The van der Waals surface area contributed by atoms with Crippen molar-refractivity contribution >= 4 is 15.9 Å². The Bertz CT molecular complexity index is 400. The zero-order chi connectivity index (χ0) is 12.4. The maximum atomic E-state index is 4.25. The van der Waals surface area contributed by atoms with Crippen molar-refractivity contribution in [1.29, 1.82) is 0 Å². The third-order valence-corrected chi connectivity index (χ3v) is 4.41. The summed E-state index contributed by atoms with van der Waals surface area (Å²) < 4.78 is 0.955. The zero-order valence-electron chi connectivity index (χ0n) is 10.6. The fourth-order valence-corrected chi connectivity index (χ4v) is 3.17. The normalized spacial score (nSPS) is 22.9. The molecule has 1 N–H and O–H groups in total. The summed E-state index contributed by atoms with van der Waals surface area (Å²) in [5, 5.41) is 3.44. The highest BCUT2D eigenvalue weighted by Gasteiger charge is 2.30. The fraction of sp³-hybridized carbons (Fsp3) is 0.643. The van der Waals surface area contributed by atoms with E-state index in [0.29, 0.717) is 6.04 Å². The number of rotatable bonds is 4. The van der Waals surface area contributed by atoms with E-state index in [1.165, 1.54) is 24.8 Å². The summed E-state index contributed by atoms with van der Waals surface area (Å²) in [5.41, 5.74) is 1.42. The summed E-state index contributed by atoms with van der Waals surface area (Å²) in [6, 6.07) is 4.95. The summed E-state index contributed by atoms with van der Waals surface area (Å²) in [6.07, 6.45) is 6.08. The predicted molar refractivity (Wildman–Crippen MR) is 76.5 cm³/mol. The Balaban J connectivity index is 1.78. The lowest BCUT2D eigenvalue weighted by Gasteiger charge is -2.35. The van der Waals surface area contributed by atoms with Crippen molar-refractivity contribution in [2.75, 3.05) is 26.2 Å². The SMILES string of the molecule is Brc1cc([C@@H](CC2CC2)N2CCNCC2)ccn1. The van der Waals surface area contributed by atoms with Gasteiger partial charge >= 0.3 is 0 Å². The molecule has 2 aliphatic rings. The number of pyridine rings is 1. The van der Waals surface area contributed by atoms with Crippen molar-refractivity contribution in [3.05, 3.63) is 28.5 Å². The van der Waals surface area contributed by atoms with E-state index in [1.807, 2.05) is 6.20 Å². The molecule has 0 unspecified atom stereocenters. The second-order valence-electron chi connectivity index (χ2n) is 5.39. The molecule has 1 aromatic heterocycles. The summed E-state index contributed by atoms with van der Waals surface area (Å²) in [7, 11) is 0. The van der Waals surface area contributed by atoms with Gasteiger partial charge in [0.2, 0.25) is 0 Å². The molecule has 3 rings (SSSR count). The van der Waals surface area contributed by atoms with E-state index in [0.717, 1.165) is 36.7 Å². The van der Waals surface area contributed by atoms with Gasteiger partial charge < -0.3 is 5.32 Å². The molecule has 0 spiro atoms. The number of hydrogen-bond acceptors (Lipinski definition) is 3. The molecule has 2 heterocycles. The number of halogens is 1. The predicted octanol–water partition coefficient (Wildman–Crippen LogP) is 2.59. The van der Waals surface area contributed by atoms with Gasteiger partial charge in [-0.3, -0.25) is 4.90 Å². The van der Waals surface area contributed by atoms with Crippen molar-refractivity contribution < 1.29 is 0 Å². The number of nitrogens with one attached hydrogen (secondary N) is 1. The largest absolute Gasteiger partial charge is 0.314 e. The van der Waals surface area contributed by atoms with Crippen molar-refractivity contribution in [3.63, 3.8) is 0 Å². The van der Waals surface area contributed by atoms with E-state index in [-0.39, 0.29) is 0 Å². The van der Waals surface area contributed by atoms with Crippen LogP contribution >= 0.6 is 15.9 Å². The van der Waals surface area contributed by atoms with Crippen LogP contribution in [0.1, 0.15) is 30.9 Å². The first kappa shape index (κ1) is 12.6. The monoisotopic (exact) mass is 309 g/mol. The van der Waals surface area contributed by atoms with E-state index >= 15 is 0 Å². The van der Waals surface area contributed by atoms with Crippen LogP contribution in [0.4, 0.5) is 0 Å². The third kappa shape index (κ3) is 3.11. The Hall–Kier alpha value is -0.450. The summed E-state index contributed by atoms with van der Waals surface area (Å²) in [4.78, 5) is 6.88. The lowest BCUT2D eigenvalue weighted by Crippen LogP contribution is -2.45. The fourth-order valence-electron chi connectivity index (χ4n) is 2.78. The van der Waals surface area contributed by atoms with Gasteiger partial charge in [0.05, 0.1) is 0 Å². The second-order valence-corrected chi connectivity index (χ2v) is 6.21. The Morgan fingerprint density at radius 1 is 1.39 bits per heavy atom. The van der Waals surface area contributed by atoms with Crippen LogP contribution in [-0.4, -0.2) is 36.1 Å². The minimum atomic E-state index is 0.582. The van der Waals surface area contributed by atoms with Gasteiger partial charge in [-0.05, 0) is 46.0 Å². The Morgan fingerprint density at radius 3 is 2.83 bits per heavy atom. The first-order valence-corrected chi connectivity index (χ1v) is 7.68. The van der Waals surface area contributed by atoms with E-state index < -0.39 is 0 Å². The van der Waals surface area contributed by atoms with Crippen LogP contribution in [0.3, 0.4) is 0 Å². The number of nitrogens with zero attached hydrogens (tertiary/aromatic N) is 2. The molecule has 1 atom stereocenters. The van der Waals surface area contributed by atoms with Crippen LogP contribution < -0.4 is 5.32 Å². The quantitative estimate of drug-likeness (QED) is 0.867. The molecule has 1 saturated carbocycles. The third-order valence-electron chi connectivity index (χ3n) is 3.98. The van der Waals surface area contributed by atoms with Crippen LogP contribution in [0.25, 0.3) is 0 Å². The number of hydrogen-bond donors (Lipinski definition) is 1.